The molecule has 84 valence electrons. The maximum absolute atomic E-state index is 5.92. The summed E-state index contributed by atoms with van der Waals surface area (Å²) >= 11 is 13.5. The lowest BCUT2D eigenvalue weighted by Gasteiger charge is -2.04. The molecular formula is C11H15Cl2NS. The Morgan fingerprint density at radius 3 is 2.67 bits per heavy atom. The fourth-order valence-corrected chi connectivity index (χ4v) is 2.32. The quantitative estimate of drug-likeness (QED) is 0.613. The van der Waals surface area contributed by atoms with E-state index in [-0.39, 0.29) is 0 Å². The standard InChI is InChI=1S/C11H15Cl2NS/c1-2-5-14-6-7-15-9-3-4-10(12)11(13)8-9/h3-4,8,14H,2,5-7H2,1H3. The Morgan fingerprint density at radius 1 is 1.20 bits per heavy atom. The van der Waals surface area contributed by atoms with Crippen molar-refractivity contribution < 1.29 is 0 Å². The van der Waals surface area contributed by atoms with Gasteiger partial charge in [0.1, 0.15) is 0 Å². The molecule has 0 spiro atoms. The third kappa shape index (κ3) is 5.12. The molecule has 1 aromatic rings. The summed E-state index contributed by atoms with van der Waals surface area (Å²) in [5.41, 5.74) is 0. The van der Waals surface area contributed by atoms with Gasteiger partial charge in [-0.15, -0.1) is 11.8 Å². The monoisotopic (exact) mass is 263 g/mol. The molecule has 0 aliphatic heterocycles. The zero-order valence-corrected chi connectivity index (χ0v) is 11.1. The van der Waals surface area contributed by atoms with Crippen molar-refractivity contribution in [2.75, 3.05) is 18.8 Å². The highest BCUT2D eigenvalue weighted by Gasteiger charge is 1.99. The Morgan fingerprint density at radius 2 is 2.00 bits per heavy atom. The van der Waals surface area contributed by atoms with Gasteiger partial charge in [-0.3, -0.25) is 0 Å². The summed E-state index contributed by atoms with van der Waals surface area (Å²) in [4.78, 5) is 1.17. The van der Waals surface area contributed by atoms with Gasteiger partial charge in [0.15, 0.2) is 0 Å². The molecule has 0 heterocycles. The summed E-state index contributed by atoms with van der Waals surface area (Å²) in [6, 6.07) is 5.75. The molecule has 0 fully saturated rings. The van der Waals surface area contributed by atoms with Gasteiger partial charge in [-0.1, -0.05) is 30.1 Å². The molecule has 1 aromatic carbocycles. The van der Waals surface area contributed by atoms with Gasteiger partial charge < -0.3 is 5.32 Å². The highest BCUT2D eigenvalue weighted by atomic mass is 35.5. The molecule has 1 rings (SSSR count). The second kappa shape index (κ2) is 7.39. The number of thioether (sulfide) groups is 1. The number of hydrogen-bond acceptors (Lipinski definition) is 2. The number of hydrogen-bond donors (Lipinski definition) is 1. The molecule has 0 aliphatic rings. The fourth-order valence-electron chi connectivity index (χ4n) is 1.11. The van der Waals surface area contributed by atoms with Crippen LogP contribution in [0.25, 0.3) is 0 Å². The van der Waals surface area contributed by atoms with Gasteiger partial charge >= 0.3 is 0 Å². The van der Waals surface area contributed by atoms with Crippen LogP contribution >= 0.6 is 35.0 Å². The Hall–Kier alpha value is 0.110. The van der Waals surface area contributed by atoms with E-state index in [1.54, 1.807) is 11.8 Å². The predicted molar refractivity (Wildman–Crippen MR) is 70.3 cm³/mol. The molecule has 1 nitrogen and oxygen atoms in total. The Kier molecular flexibility index (Phi) is 6.50. The maximum atomic E-state index is 5.92. The molecule has 1 N–H and O–H groups in total. The first kappa shape index (κ1) is 13.2. The van der Waals surface area contributed by atoms with Crippen LogP contribution in [0.15, 0.2) is 23.1 Å². The summed E-state index contributed by atoms with van der Waals surface area (Å²) in [7, 11) is 0. The van der Waals surface area contributed by atoms with Crippen LogP contribution < -0.4 is 5.32 Å². The predicted octanol–water partition coefficient (Wildman–Crippen LogP) is 4.09. The number of nitrogens with one attached hydrogen (secondary N) is 1. The molecule has 0 atom stereocenters. The van der Waals surface area contributed by atoms with E-state index in [0.29, 0.717) is 10.0 Å². The van der Waals surface area contributed by atoms with Gasteiger partial charge in [-0.25, -0.2) is 0 Å². The third-order valence-electron chi connectivity index (χ3n) is 1.87. The summed E-state index contributed by atoms with van der Waals surface area (Å²) in [5, 5.41) is 4.60. The highest BCUT2D eigenvalue weighted by Crippen LogP contribution is 2.27. The topological polar surface area (TPSA) is 12.0 Å². The highest BCUT2D eigenvalue weighted by molar-refractivity contribution is 7.99. The van der Waals surface area contributed by atoms with Gasteiger partial charge in [0.25, 0.3) is 0 Å². The fraction of sp³-hybridized carbons (Fsp3) is 0.455. The second-order valence-electron chi connectivity index (χ2n) is 3.17. The molecule has 4 heteroatoms. The number of halogens is 2. The normalized spacial score (nSPS) is 10.6. The van der Waals surface area contributed by atoms with Crippen molar-refractivity contribution in [3.8, 4) is 0 Å². The number of benzene rings is 1. The smallest absolute Gasteiger partial charge is 0.0603 e. The van der Waals surface area contributed by atoms with Crippen LogP contribution in [0.5, 0.6) is 0 Å². The minimum Gasteiger partial charge on any atom is -0.316 e. The molecule has 0 amide bonds. The van der Waals surface area contributed by atoms with E-state index in [0.717, 1.165) is 18.8 Å². The lowest BCUT2D eigenvalue weighted by molar-refractivity contribution is 0.707. The lowest BCUT2D eigenvalue weighted by Crippen LogP contribution is -2.17. The van der Waals surface area contributed by atoms with E-state index in [1.807, 2.05) is 18.2 Å². The zero-order chi connectivity index (χ0) is 11.1. The van der Waals surface area contributed by atoms with Crippen LogP contribution in [-0.2, 0) is 0 Å². The molecule has 0 bridgehead atoms. The summed E-state index contributed by atoms with van der Waals surface area (Å²) in [5.74, 6) is 1.05. The Labute approximate surface area is 106 Å². The molecular weight excluding hydrogens is 249 g/mol. The van der Waals surface area contributed by atoms with Crippen LogP contribution in [-0.4, -0.2) is 18.8 Å². The van der Waals surface area contributed by atoms with Crippen molar-refractivity contribution in [2.24, 2.45) is 0 Å². The van der Waals surface area contributed by atoms with Crippen molar-refractivity contribution in [1.29, 1.82) is 0 Å². The van der Waals surface area contributed by atoms with Crippen LogP contribution in [0.3, 0.4) is 0 Å². The molecule has 0 aliphatic carbocycles. The van der Waals surface area contributed by atoms with Gasteiger partial charge in [0.05, 0.1) is 10.0 Å². The molecule has 0 aromatic heterocycles. The zero-order valence-electron chi connectivity index (χ0n) is 8.72. The van der Waals surface area contributed by atoms with Crippen LogP contribution in [0.1, 0.15) is 13.3 Å². The van der Waals surface area contributed by atoms with Crippen molar-refractivity contribution in [3.63, 3.8) is 0 Å². The van der Waals surface area contributed by atoms with E-state index in [4.69, 9.17) is 23.2 Å². The minimum atomic E-state index is 0.616. The first-order chi connectivity index (χ1) is 7.24. The average Bonchev–Trinajstić information content (AvgIpc) is 2.23. The summed E-state index contributed by atoms with van der Waals surface area (Å²) in [6.45, 7) is 4.28. The van der Waals surface area contributed by atoms with E-state index in [9.17, 15) is 0 Å². The largest absolute Gasteiger partial charge is 0.316 e. The van der Waals surface area contributed by atoms with Gasteiger partial charge in [0.2, 0.25) is 0 Å². The second-order valence-corrected chi connectivity index (χ2v) is 5.16. The first-order valence-corrected chi connectivity index (χ1v) is 6.76. The van der Waals surface area contributed by atoms with Crippen molar-refractivity contribution in [1.82, 2.24) is 5.32 Å². The molecule has 0 unspecified atom stereocenters. The molecule has 0 saturated heterocycles. The third-order valence-corrected chi connectivity index (χ3v) is 3.60. The molecule has 0 radical (unpaired) electrons. The van der Waals surface area contributed by atoms with E-state index in [1.165, 1.54) is 11.3 Å². The first-order valence-electron chi connectivity index (χ1n) is 5.02. The summed E-state index contributed by atoms with van der Waals surface area (Å²) in [6.07, 6.45) is 1.18. The van der Waals surface area contributed by atoms with Gasteiger partial charge in [0, 0.05) is 17.2 Å². The van der Waals surface area contributed by atoms with E-state index < -0.39 is 0 Å². The maximum Gasteiger partial charge on any atom is 0.0603 e. The Balaban J connectivity index is 2.28. The van der Waals surface area contributed by atoms with E-state index >= 15 is 0 Å². The van der Waals surface area contributed by atoms with Crippen molar-refractivity contribution >= 4 is 35.0 Å². The van der Waals surface area contributed by atoms with Crippen molar-refractivity contribution in [3.05, 3.63) is 28.2 Å². The van der Waals surface area contributed by atoms with Gasteiger partial charge in [-0.05, 0) is 31.2 Å². The lowest BCUT2D eigenvalue weighted by atomic mass is 10.4. The minimum absolute atomic E-state index is 0.616. The van der Waals surface area contributed by atoms with Crippen molar-refractivity contribution in [2.45, 2.75) is 18.2 Å². The van der Waals surface area contributed by atoms with Gasteiger partial charge in [-0.2, -0.15) is 0 Å². The average molecular weight is 264 g/mol. The molecule has 15 heavy (non-hydrogen) atoms. The SMILES string of the molecule is CCCNCCSc1ccc(Cl)c(Cl)c1. The van der Waals surface area contributed by atoms with Crippen LogP contribution in [0.4, 0.5) is 0 Å². The van der Waals surface area contributed by atoms with Crippen LogP contribution in [0.2, 0.25) is 10.0 Å². The number of rotatable bonds is 6. The van der Waals surface area contributed by atoms with E-state index in [2.05, 4.69) is 12.2 Å². The Bertz CT molecular complexity index is 305. The molecule has 0 saturated carbocycles. The van der Waals surface area contributed by atoms with Crippen LogP contribution in [0, 0.1) is 0 Å². The summed E-state index contributed by atoms with van der Waals surface area (Å²) < 4.78 is 0.